The van der Waals surface area contributed by atoms with Crippen molar-refractivity contribution in [1.29, 1.82) is 0 Å². The topological polar surface area (TPSA) is 69.0 Å². The van der Waals surface area contributed by atoms with Crippen LogP contribution in [0.15, 0.2) is 42.7 Å². The van der Waals surface area contributed by atoms with E-state index in [0.29, 0.717) is 31.2 Å². The zero-order valence-corrected chi connectivity index (χ0v) is 17.7. The van der Waals surface area contributed by atoms with Crippen LogP contribution in [0.1, 0.15) is 48.9 Å². The largest absolute Gasteiger partial charge is 0.380 e. The number of carbonyl (C=O) groups is 1. The quantitative estimate of drug-likeness (QED) is 0.596. The maximum Gasteiger partial charge on any atom is 0.251 e. The van der Waals surface area contributed by atoms with Crippen molar-refractivity contribution >= 4 is 16.9 Å². The van der Waals surface area contributed by atoms with Gasteiger partial charge in [-0.05, 0) is 49.9 Å². The van der Waals surface area contributed by atoms with E-state index in [9.17, 15) is 4.79 Å². The molecule has 0 radical (unpaired) electrons. The second kappa shape index (κ2) is 9.65. The van der Waals surface area contributed by atoms with Crippen LogP contribution < -0.4 is 5.32 Å². The predicted octanol–water partition coefficient (Wildman–Crippen LogP) is 3.97. The molecule has 1 atom stereocenters. The Kier molecular flexibility index (Phi) is 6.99. The summed E-state index contributed by atoms with van der Waals surface area (Å²) in [5, 5.41) is 3.11. The summed E-state index contributed by atoms with van der Waals surface area (Å²) >= 11 is 0. The smallest absolute Gasteiger partial charge is 0.251 e. The fourth-order valence-corrected chi connectivity index (χ4v) is 3.50. The minimum absolute atomic E-state index is 0.0228. The molecular weight excluding hydrogens is 364 g/mol. The maximum atomic E-state index is 12.7. The van der Waals surface area contributed by atoms with Crippen molar-refractivity contribution in [2.24, 2.45) is 5.92 Å². The van der Waals surface area contributed by atoms with Gasteiger partial charge in [0.05, 0.1) is 29.9 Å². The van der Waals surface area contributed by atoms with Gasteiger partial charge >= 0.3 is 0 Å². The molecule has 0 aliphatic rings. The lowest BCUT2D eigenvalue weighted by atomic mass is 10.0. The van der Waals surface area contributed by atoms with E-state index in [1.54, 1.807) is 6.20 Å². The first kappa shape index (κ1) is 21.0. The van der Waals surface area contributed by atoms with E-state index in [0.717, 1.165) is 28.8 Å². The van der Waals surface area contributed by atoms with Crippen LogP contribution >= 0.6 is 0 Å². The Morgan fingerprint density at radius 1 is 1.21 bits per heavy atom. The van der Waals surface area contributed by atoms with Crippen molar-refractivity contribution in [1.82, 2.24) is 19.9 Å². The number of aromatic nitrogens is 3. The molecule has 2 aromatic heterocycles. The first-order chi connectivity index (χ1) is 14.0. The van der Waals surface area contributed by atoms with Crippen LogP contribution in [0.5, 0.6) is 0 Å². The van der Waals surface area contributed by atoms with Crippen LogP contribution in [0.25, 0.3) is 11.0 Å². The van der Waals surface area contributed by atoms with Gasteiger partial charge in [0.2, 0.25) is 0 Å². The number of carbonyl (C=O) groups excluding carboxylic acids is 1. The van der Waals surface area contributed by atoms with Gasteiger partial charge in [-0.1, -0.05) is 26.0 Å². The third kappa shape index (κ3) is 5.41. The minimum atomic E-state index is -0.0598. The van der Waals surface area contributed by atoms with Crippen LogP contribution in [-0.4, -0.2) is 39.7 Å². The number of nitrogens with one attached hydrogen (secondary N) is 1. The molecule has 0 aliphatic carbocycles. The molecule has 3 rings (SSSR count). The van der Waals surface area contributed by atoms with E-state index in [1.807, 2.05) is 50.4 Å². The fraction of sp³-hybridized carbons (Fsp3) is 0.435. The molecule has 29 heavy (non-hydrogen) atoms. The van der Waals surface area contributed by atoms with Crippen LogP contribution in [0, 0.1) is 12.8 Å². The molecule has 0 unspecified atom stereocenters. The van der Waals surface area contributed by atoms with Gasteiger partial charge in [-0.25, -0.2) is 4.98 Å². The molecule has 1 amide bonds. The van der Waals surface area contributed by atoms with E-state index in [1.165, 1.54) is 0 Å². The highest BCUT2D eigenvalue weighted by Crippen LogP contribution is 2.17. The van der Waals surface area contributed by atoms with Crippen LogP contribution in [0.4, 0.5) is 0 Å². The summed E-state index contributed by atoms with van der Waals surface area (Å²) in [6.45, 7) is 10.1. The number of ether oxygens (including phenoxy) is 1. The summed E-state index contributed by atoms with van der Waals surface area (Å²) in [5.74, 6) is 1.38. The standard InChI is InChI=1S/C23H30N4O2/c1-5-29-15-20(12-16(2)3)26-23(28)19-8-6-18(7-9-19)14-27-17(4)25-21-10-11-24-13-22(21)27/h6-11,13,16,20H,5,12,14-15H2,1-4H3,(H,26,28)/t20-/m0/s1. The number of hydrogen-bond donors (Lipinski definition) is 1. The molecule has 0 bridgehead atoms. The molecule has 1 N–H and O–H groups in total. The van der Waals surface area contributed by atoms with E-state index in [2.05, 4.69) is 33.7 Å². The molecule has 3 aromatic rings. The van der Waals surface area contributed by atoms with E-state index in [-0.39, 0.29) is 11.9 Å². The molecule has 154 valence electrons. The van der Waals surface area contributed by atoms with E-state index >= 15 is 0 Å². The molecule has 0 aliphatic heterocycles. The SMILES string of the molecule is CCOC[C@H](CC(C)C)NC(=O)c1ccc(Cn2c(C)nc3ccncc32)cc1. The lowest BCUT2D eigenvalue weighted by molar-refractivity contribution is 0.0836. The monoisotopic (exact) mass is 394 g/mol. The number of nitrogens with zero attached hydrogens (tertiary/aromatic N) is 3. The molecule has 0 saturated carbocycles. The summed E-state index contributed by atoms with van der Waals surface area (Å²) in [4.78, 5) is 21.5. The summed E-state index contributed by atoms with van der Waals surface area (Å²) in [6.07, 6.45) is 4.49. The molecule has 0 spiro atoms. The second-order valence-corrected chi connectivity index (χ2v) is 7.77. The number of rotatable bonds is 9. The van der Waals surface area contributed by atoms with Crippen LogP contribution in [0.3, 0.4) is 0 Å². The maximum absolute atomic E-state index is 12.7. The number of hydrogen-bond acceptors (Lipinski definition) is 4. The molecule has 0 saturated heterocycles. The van der Waals surface area contributed by atoms with Gasteiger partial charge in [0.1, 0.15) is 5.82 Å². The molecule has 2 heterocycles. The molecule has 6 nitrogen and oxygen atoms in total. The number of amides is 1. The van der Waals surface area contributed by atoms with Gasteiger partial charge in [0, 0.05) is 24.9 Å². The zero-order chi connectivity index (χ0) is 20.8. The second-order valence-electron chi connectivity index (χ2n) is 7.77. The number of pyridine rings is 1. The molecule has 1 aromatic carbocycles. The fourth-order valence-electron chi connectivity index (χ4n) is 3.50. The van der Waals surface area contributed by atoms with Gasteiger partial charge in [0.25, 0.3) is 5.91 Å². The van der Waals surface area contributed by atoms with Gasteiger partial charge in [-0.15, -0.1) is 0 Å². The number of aryl methyl sites for hydroxylation is 1. The van der Waals surface area contributed by atoms with Gasteiger partial charge in [-0.2, -0.15) is 0 Å². The van der Waals surface area contributed by atoms with Crippen LogP contribution in [0.2, 0.25) is 0 Å². The van der Waals surface area contributed by atoms with E-state index in [4.69, 9.17) is 4.74 Å². The molecule has 6 heteroatoms. The number of imidazole rings is 1. The Hall–Kier alpha value is -2.73. The third-order valence-corrected chi connectivity index (χ3v) is 4.91. The van der Waals surface area contributed by atoms with Crippen molar-refractivity contribution in [2.75, 3.05) is 13.2 Å². The first-order valence-electron chi connectivity index (χ1n) is 10.2. The lowest BCUT2D eigenvalue weighted by Gasteiger charge is -2.20. The Morgan fingerprint density at radius 3 is 2.66 bits per heavy atom. The van der Waals surface area contributed by atoms with Gasteiger partial charge in [0.15, 0.2) is 0 Å². The third-order valence-electron chi connectivity index (χ3n) is 4.91. The summed E-state index contributed by atoms with van der Waals surface area (Å²) < 4.78 is 7.67. The highest BCUT2D eigenvalue weighted by molar-refractivity contribution is 5.94. The summed E-state index contributed by atoms with van der Waals surface area (Å²) in [6, 6.07) is 9.69. The van der Waals surface area contributed by atoms with Gasteiger partial charge < -0.3 is 14.6 Å². The van der Waals surface area contributed by atoms with Crippen molar-refractivity contribution in [3.63, 3.8) is 0 Å². The Morgan fingerprint density at radius 2 is 1.97 bits per heavy atom. The highest BCUT2D eigenvalue weighted by atomic mass is 16.5. The number of benzene rings is 1. The Labute approximate surface area is 172 Å². The lowest BCUT2D eigenvalue weighted by Crippen LogP contribution is -2.39. The molecule has 0 fully saturated rings. The molecular formula is C23H30N4O2. The first-order valence-corrected chi connectivity index (χ1v) is 10.2. The van der Waals surface area contributed by atoms with Crippen LogP contribution in [-0.2, 0) is 11.3 Å². The minimum Gasteiger partial charge on any atom is -0.380 e. The van der Waals surface area contributed by atoms with Crippen molar-refractivity contribution < 1.29 is 9.53 Å². The number of fused-ring (bicyclic) bond motifs is 1. The average Bonchev–Trinajstić information content (AvgIpc) is 3.01. The highest BCUT2D eigenvalue weighted by Gasteiger charge is 2.16. The predicted molar refractivity (Wildman–Crippen MR) is 115 cm³/mol. The average molecular weight is 395 g/mol. The zero-order valence-electron chi connectivity index (χ0n) is 17.7. The van der Waals surface area contributed by atoms with Gasteiger partial charge in [-0.3, -0.25) is 9.78 Å². The summed E-state index contributed by atoms with van der Waals surface area (Å²) in [5.41, 5.74) is 3.73. The van der Waals surface area contributed by atoms with E-state index < -0.39 is 0 Å². The Balaban J connectivity index is 1.68. The Bertz CT molecular complexity index is 947. The van der Waals surface area contributed by atoms with Crippen molar-refractivity contribution in [3.05, 3.63) is 59.7 Å². The van der Waals surface area contributed by atoms with Crippen molar-refractivity contribution in [3.8, 4) is 0 Å². The summed E-state index contributed by atoms with van der Waals surface area (Å²) in [7, 11) is 0. The van der Waals surface area contributed by atoms with Crippen molar-refractivity contribution in [2.45, 2.75) is 46.7 Å². The normalized spacial score (nSPS) is 12.4.